The summed E-state index contributed by atoms with van der Waals surface area (Å²) in [4.78, 5) is 19.1. The van der Waals surface area contributed by atoms with Crippen LogP contribution >= 0.6 is 0 Å². The Kier molecular flexibility index (Phi) is 8.48. The normalized spacial score (nSPS) is 18.1. The second-order valence-electron chi connectivity index (χ2n) is 9.52. The van der Waals surface area contributed by atoms with Gasteiger partial charge in [-0.1, -0.05) is 12.1 Å². The molecule has 1 amide bonds. The largest absolute Gasteiger partial charge is 0.493 e. The first kappa shape index (κ1) is 26.7. The topological polar surface area (TPSA) is 119 Å². The molecule has 4 rings (SSSR count). The first-order valence-corrected chi connectivity index (χ1v) is 12.6. The Hall–Kier alpha value is -3.40. The molecule has 3 aromatic rings. The number of fused-ring (bicyclic) bond motifs is 1. The number of pyridine rings is 1. The molecule has 1 saturated heterocycles. The molecular formula is C28H36N4O5. The molecular weight excluding hydrogens is 472 g/mol. The van der Waals surface area contributed by atoms with Crippen LogP contribution in [-0.2, 0) is 11.3 Å². The number of hydrogen-bond donors (Lipinski definition) is 3. The van der Waals surface area contributed by atoms with Gasteiger partial charge in [0.1, 0.15) is 0 Å². The molecule has 1 aliphatic rings. The van der Waals surface area contributed by atoms with Gasteiger partial charge in [0.2, 0.25) is 0 Å². The van der Waals surface area contributed by atoms with Crippen molar-refractivity contribution in [1.82, 2.24) is 9.88 Å². The van der Waals surface area contributed by atoms with Crippen molar-refractivity contribution in [3.05, 3.63) is 53.2 Å². The highest BCUT2D eigenvalue weighted by molar-refractivity contribution is 6.08. The minimum Gasteiger partial charge on any atom is -0.493 e. The summed E-state index contributed by atoms with van der Waals surface area (Å²) in [5.74, 6) is 0.523. The van der Waals surface area contributed by atoms with E-state index in [0.29, 0.717) is 34.7 Å². The Morgan fingerprint density at radius 2 is 2.00 bits per heavy atom. The van der Waals surface area contributed by atoms with Gasteiger partial charge in [-0.25, -0.2) is 0 Å². The number of aliphatic hydroxyl groups is 1. The summed E-state index contributed by atoms with van der Waals surface area (Å²) < 4.78 is 17.6. The van der Waals surface area contributed by atoms with Gasteiger partial charge >= 0.3 is 0 Å². The van der Waals surface area contributed by atoms with Crippen molar-refractivity contribution < 1.29 is 24.1 Å². The maximum absolute atomic E-state index is 12.3. The highest BCUT2D eigenvalue weighted by Crippen LogP contribution is 2.38. The Labute approximate surface area is 217 Å². The van der Waals surface area contributed by atoms with E-state index in [1.807, 2.05) is 37.3 Å². The fourth-order valence-corrected chi connectivity index (χ4v) is 4.86. The molecule has 0 unspecified atom stereocenters. The number of nitrogens with zero attached hydrogens (tertiary/aromatic N) is 2. The van der Waals surface area contributed by atoms with Crippen LogP contribution < -0.4 is 20.5 Å². The van der Waals surface area contributed by atoms with E-state index in [1.165, 1.54) is 6.20 Å². The average Bonchev–Trinajstić information content (AvgIpc) is 2.86. The van der Waals surface area contributed by atoms with Crippen molar-refractivity contribution in [1.29, 1.82) is 0 Å². The van der Waals surface area contributed by atoms with Gasteiger partial charge in [-0.2, -0.15) is 0 Å². The van der Waals surface area contributed by atoms with E-state index in [1.54, 1.807) is 7.11 Å². The lowest BCUT2D eigenvalue weighted by Crippen LogP contribution is -2.45. The van der Waals surface area contributed by atoms with Gasteiger partial charge in [-0.05, 0) is 50.5 Å². The quantitative estimate of drug-likeness (QED) is 0.354. The molecule has 2 aromatic carbocycles. The summed E-state index contributed by atoms with van der Waals surface area (Å²) in [6.07, 6.45) is 2.80. The van der Waals surface area contributed by atoms with Crippen LogP contribution in [0.25, 0.3) is 10.9 Å². The number of anilines is 2. The maximum Gasteiger partial charge on any atom is 0.252 e. The molecule has 198 valence electrons. The number of morpholine rings is 1. The minimum atomic E-state index is -0.598. The third-order valence-corrected chi connectivity index (χ3v) is 6.67. The standard InChI is InChI=1S/C28H36N4O5/c1-17-14-32(15-18(2)37-17)9-6-10-36-26-12-24-21(11-25(26)35-4)27(22(13-30-24)28(29)34)31-23-8-5-7-20(16-33)19(23)3/h5,7-8,11-13,17-18,33H,6,9-10,14-16H2,1-4H3,(H2,29,34)(H,30,31)/t17-,18-/m1/s1. The monoisotopic (exact) mass is 508 g/mol. The van der Waals surface area contributed by atoms with Gasteiger partial charge in [-0.15, -0.1) is 0 Å². The summed E-state index contributed by atoms with van der Waals surface area (Å²) in [6, 6.07) is 9.21. The molecule has 0 saturated carbocycles. The number of aliphatic hydroxyl groups excluding tert-OH is 1. The molecule has 9 nitrogen and oxygen atoms in total. The Bertz CT molecular complexity index is 1260. The van der Waals surface area contributed by atoms with E-state index < -0.39 is 5.91 Å². The summed E-state index contributed by atoms with van der Waals surface area (Å²) >= 11 is 0. The first-order chi connectivity index (χ1) is 17.8. The molecule has 0 radical (unpaired) electrons. The van der Waals surface area contributed by atoms with E-state index in [0.717, 1.165) is 42.9 Å². The van der Waals surface area contributed by atoms with Crippen LogP contribution in [0.2, 0.25) is 0 Å². The predicted octanol–water partition coefficient (Wildman–Crippen LogP) is 3.76. The van der Waals surface area contributed by atoms with E-state index in [-0.39, 0.29) is 24.4 Å². The maximum atomic E-state index is 12.3. The minimum absolute atomic E-state index is 0.0841. The van der Waals surface area contributed by atoms with Crippen LogP contribution in [0.4, 0.5) is 11.4 Å². The van der Waals surface area contributed by atoms with Crippen molar-refractivity contribution in [2.75, 3.05) is 38.7 Å². The van der Waals surface area contributed by atoms with E-state index in [9.17, 15) is 9.90 Å². The second-order valence-corrected chi connectivity index (χ2v) is 9.52. The number of primary amides is 1. The van der Waals surface area contributed by atoms with Crippen LogP contribution in [-0.4, -0.2) is 66.5 Å². The zero-order valence-corrected chi connectivity index (χ0v) is 21.9. The SMILES string of the molecule is COc1cc2c(Nc3cccc(CO)c3C)c(C(N)=O)cnc2cc1OCCCN1C[C@@H](C)O[C@H](C)C1. The Morgan fingerprint density at radius 1 is 1.24 bits per heavy atom. The number of amides is 1. The molecule has 2 heterocycles. The van der Waals surface area contributed by atoms with Crippen molar-refractivity contribution in [2.45, 2.75) is 46.0 Å². The highest BCUT2D eigenvalue weighted by Gasteiger charge is 2.22. The highest BCUT2D eigenvalue weighted by atomic mass is 16.5. The molecule has 2 atom stereocenters. The summed E-state index contributed by atoms with van der Waals surface area (Å²) in [5.41, 5.74) is 9.52. The molecule has 1 aliphatic heterocycles. The predicted molar refractivity (Wildman–Crippen MR) is 144 cm³/mol. The molecule has 0 bridgehead atoms. The Balaban J connectivity index is 1.58. The lowest BCUT2D eigenvalue weighted by atomic mass is 10.0. The number of carbonyl (C=O) groups excluding carboxylic acids is 1. The number of rotatable bonds is 10. The fourth-order valence-electron chi connectivity index (χ4n) is 4.86. The molecule has 1 aromatic heterocycles. The number of hydrogen-bond acceptors (Lipinski definition) is 8. The Morgan fingerprint density at radius 3 is 2.68 bits per heavy atom. The first-order valence-electron chi connectivity index (χ1n) is 12.6. The van der Waals surface area contributed by atoms with Crippen molar-refractivity contribution >= 4 is 28.2 Å². The summed E-state index contributed by atoms with van der Waals surface area (Å²) in [5, 5.41) is 13.7. The van der Waals surface area contributed by atoms with Gasteiger partial charge in [0.05, 0.1) is 49.3 Å². The number of nitrogens with two attached hydrogens (primary N) is 1. The van der Waals surface area contributed by atoms with Crippen LogP contribution in [0.15, 0.2) is 36.5 Å². The number of carbonyl (C=O) groups is 1. The van der Waals surface area contributed by atoms with Crippen molar-refractivity contribution in [3.8, 4) is 11.5 Å². The summed E-state index contributed by atoms with van der Waals surface area (Å²) in [7, 11) is 1.58. The second kappa shape index (κ2) is 11.8. The number of methoxy groups -OCH3 is 1. The number of ether oxygens (including phenoxy) is 3. The third kappa shape index (κ3) is 6.12. The van der Waals surface area contributed by atoms with E-state index >= 15 is 0 Å². The molecule has 9 heteroatoms. The number of nitrogens with one attached hydrogen (secondary N) is 1. The molecule has 37 heavy (non-hydrogen) atoms. The zero-order chi connectivity index (χ0) is 26.5. The average molecular weight is 509 g/mol. The number of benzene rings is 2. The van der Waals surface area contributed by atoms with Gasteiger partial charge in [0.15, 0.2) is 11.5 Å². The van der Waals surface area contributed by atoms with Crippen LogP contribution in [0, 0.1) is 6.92 Å². The lowest BCUT2D eigenvalue weighted by Gasteiger charge is -2.35. The van der Waals surface area contributed by atoms with Gasteiger partial charge in [0, 0.05) is 43.0 Å². The van der Waals surface area contributed by atoms with Crippen LogP contribution in [0.5, 0.6) is 11.5 Å². The van der Waals surface area contributed by atoms with Gasteiger partial charge in [0.25, 0.3) is 5.91 Å². The molecule has 4 N–H and O–H groups in total. The van der Waals surface area contributed by atoms with Gasteiger partial charge in [-0.3, -0.25) is 14.7 Å². The zero-order valence-electron chi connectivity index (χ0n) is 21.9. The molecule has 1 fully saturated rings. The van der Waals surface area contributed by atoms with Gasteiger partial charge < -0.3 is 30.4 Å². The fraction of sp³-hybridized carbons (Fsp3) is 0.429. The van der Waals surface area contributed by atoms with Crippen molar-refractivity contribution in [3.63, 3.8) is 0 Å². The van der Waals surface area contributed by atoms with Crippen LogP contribution in [0.1, 0.15) is 41.8 Å². The molecule has 0 spiro atoms. The number of aromatic nitrogens is 1. The third-order valence-electron chi connectivity index (χ3n) is 6.67. The van der Waals surface area contributed by atoms with E-state index in [2.05, 4.69) is 29.0 Å². The van der Waals surface area contributed by atoms with Crippen LogP contribution in [0.3, 0.4) is 0 Å². The van der Waals surface area contributed by atoms with Crippen molar-refractivity contribution in [2.24, 2.45) is 5.73 Å². The van der Waals surface area contributed by atoms with E-state index in [4.69, 9.17) is 19.9 Å². The molecule has 0 aliphatic carbocycles. The lowest BCUT2D eigenvalue weighted by molar-refractivity contribution is -0.0686. The smallest absolute Gasteiger partial charge is 0.252 e. The summed E-state index contributed by atoms with van der Waals surface area (Å²) in [6.45, 7) is 9.32.